The van der Waals surface area contributed by atoms with Gasteiger partial charge in [0, 0.05) is 6.61 Å². The van der Waals surface area contributed by atoms with E-state index in [1.807, 2.05) is 0 Å². The van der Waals surface area contributed by atoms with Gasteiger partial charge in [-0.15, -0.1) is 6.42 Å². The molecular weight excluding hydrogens is 188 g/mol. The largest absolute Gasteiger partial charge is 0.375 e. The lowest BCUT2D eigenvalue weighted by molar-refractivity contribution is -0.0420. The summed E-state index contributed by atoms with van der Waals surface area (Å²) in [6.45, 7) is 10.5. The first kappa shape index (κ1) is 14.5. The van der Waals surface area contributed by atoms with Crippen LogP contribution in [0, 0.1) is 18.3 Å². The van der Waals surface area contributed by atoms with Gasteiger partial charge in [0.05, 0.1) is 12.2 Å². The standard InChI is InChI=1S/C13H24O2/c1-6-9-14-11-8-13(4,5)15-10-7-12(2)3/h1,12H,7-11H2,2-5H3. The minimum Gasteiger partial charge on any atom is -0.375 e. The molecule has 0 aliphatic heterocycles. The Kier molecular flexibility index (Phi) is 7.46. The van der Waals surface area contributed by atoms with E-state index < -0.39 is 0 Å². The van der Waals surface area contributed by atoms with Crippen LogP contribution in [0.1, 0.15) is 40.5 Å². The Balaban J connectivity index is 3.54. The summed E-state index contributed by atoms with van der Waals surface area (Å²) in [7, 11) is 0. The van der Waals surface area contributed by atoms with Crippen LogP contribution in [0.2, 0.25) is 0 Å². The molecule has 0 aromatic carbocycles. The van der Waals surface area contributed by atoms with E-state index >= 15 is 0 Å². The van der Waals surface area contributed by atoms with Gasteiger partial charge in [0.1, 0.15) is 6.61 Å². The molecule has 0 bridgehead atoms. The summed E-state index contributed by atoms with van der Waals surface area (Å²) >= 11 is 0. The van der Waals surface area contributed by atoms with Crippen molar-refractivity contribution in [3.05, 3.63) is 0 Å². The molecule has 0 heterocycles. The fraction of sp³-hybridized carbons (Fsp3) is 0.846. The lowest BCUT2D eigenvalue weighted by Crippen LogP contribution is -2.27. The summed E-state index contributed by atoms with van der Waals surface area (Å²) in [4.78, 5) is 0. The first-order valence-corrected chi connectivity index (χ1v) is 5.63. The Morgan fingerprint density at radius 2 is 1.93 bits per heavy atom. The van der Waals surface area contributed by atoms with E-state index in [1.165, 1.54) is 0 Å². The van der Waals surface area contributed by atoms with Crippen LogP contribution in [-0.4, -0.2) is 25.4 Å². The smallest absolute Gasteiger partial charge is 0.107 e. The monoisotopic (exact) mass is 212 g/mol. The number of rotatable bonds is 8. The van der Waals surface area contributed by atoms with Crippen molar-refractivity contribution in [2.24, 2.45) is 5.92 Å². The molecular formula is C13H24O2. The highest BCUT2D eigenvalue weighted by molar-refractivity contribution is 4.83. The Morgan fingerprint density at radius 3 is 2.47 bits per heavy atom. The van der Waals surface area contributed by atoms with Crippen molar-refractivity contribution < 1.29 is 9.47 Å². The molecule has 2 heteroatoms. The summed E-state index contributed by atoms with van der Waals surface area (Å²) in [5.41, 5.74) is -0.108. The molecule has 0 amide bonds. The van der Waals surface area contributed by atoms with Gasteiger partial charge in [-0.1, -0.05) is 19.8 Å². The fourth-order valence-electron chi connectivity index (χ4n) is 1.09. The average Bonchev–Trinajstić information content (AvgIpc) is 2.11. The first-order chi connectivity index (χ1) is 6.98. The summed E-state index contributed by atoms with van der Waals surface area (Å²) in [6, 6.07) is 0. The van der Waals surface area contributed by atoms with Crippen LogP contribution >= 0.6 is 0 Å². The van der Waals surface area contributed by atoms with Crippen LogP contribution in [0.4, 0.5) is 0 Å². The molecule has 0 rings (SSSR count). The van der Waals surface area contributed by atoms with E-state index in [0.717, 1.165) is 19.4 Å². The predicted molar refractivity (Wildman–Crippen MR) is 63.8 cm³/mol. The van der Waals surface area contributed by atoms with Crippen molar-refractivity contribution >= 4 is 0 Å². The summed E-state index contributed by atoms with van der Waals surface area (Å²) in [6.07, 6.45) is 7.07. The zero-order chi connectivity index (χ0) is 11.7. The molecule has 0 saturated carbocycles. The Morgan fingerprint density at radius 1 is 1.27 bits per heavy atom. The normalized spacial score (nSPS) is 11.7. The minimum atomic E-state index is -0.108. The van der Waals surface area contributed by atoms with Crippen molar-refractivity contribution in [2.75, 3.05) is 19.8 Å². The highest BCUT2D eigenvalue weighted by Gasteiger charge is 2.17. The van der Waals surface area contributed by atoms with E-state index in [4.69, 9.17) is 15.9 Å². The quantitative estimate of drug-likeness (QED) is 0.455. The lowest BCUT2D eigenvalue weighted by Gasteiger charge is -2.25. The van der Waals surface area contributed by atoms with E-state index in [2.05, 4.69) is 33.6 Å². The molecule has 0 saturated heterocycles. The predicted octanol–water partition coefficient (Wildman–Crippen LogP) is 2.87. The third-order valence-corrected chi connectivity index (χ3v) is 2.22. The molecule has 15 heavy (non-hydrogen) atoms. The number of terminal acetylenes is 1. The van der Waals surface area contributed by atoms with Gasteiger partial charge in [-0.2, -0.15) is 0 Å². The van der Waals surface area contributed by atoms with Gasteiger partial charge in [0.2, 0.25) is 0 Å². The van der Waals surface area contributed by atoms with E-state index in [0.29, 0.717) is 19.1 Å². The summed E-state index contributed by atoms with van der Waals surface area (Å²) in [5.74, 6) is 3.14. The van der Waals surface area contributed by atoms with Gasteiger partial charge in [0.25, 0.3) is 0 Å². The van der Waals surface area contributed by atoms with E-state index in [1.54, 1.807) is 0 Å². The van der Waals surface area contributed by atoms with Crippen LogP contribution < -0.4 is 0 Å². The molecule has 0 unspecified atom stereocenters. The molecule has 0 aromatic heterocycles. The zero-order valence-electron chi connectivity index (χ0n) is 10.5. The van der Waals surface area contributed by atoms with Crippen LogP contribution in [0.5, 0.6) is 0 Å². The van der Waals surface area contributed by atoms with Crippen molar-refractivity contribution in [1.29, 1.82) is 0 Å². The van der Waals surface area contributed by atoms with Crippen LogP contribution in [-0.2, 0) is 9.47 Å². The van der Waals surface area contributed by atoms with E-state index in [9.17, 15) is 0 Å². The van der Waals surface area contributed by atoms with Gasteiger partial charge in [-0.25, -0.2) is 0 Å². The molecule has 0 N–H and O–H groups in total. The maximum atomic E-state index is 5.79. The molecule has 0 atom stereocenters. The Hall–Kier alpha value is -0.520. The van der Waals surface area contributed by atoms with Crippen LogP contribution in [0.3, 0.4) is 0 Å². The highest BCUT2D eigenvalue weighted by Crippen LogP contribution is 2.15. The average molecular weight is 212 g/mol. The molecule has 0 spiro atoms. The second-order valence-electron chi connectivity index (χ2n) is 4.80. The van der Waals surface area contributed by atoms with Crippen molar-refractivity contribution in [1.82, 2.24) is 0 Å². The van der Waals surface area contributed by atoms with Crippen molar-refractivity contribution in [3.63, 3.8) is 0 Å². The van der Waals surface area contributed by atoms with Gasteiger partial charge >= 0.3 is 0 Å². The first-order valence-electron chi connectivity index (χ1n) is 5.63. The maximum absolute atomic E-state index is 5.79. The Bertz CT molecular complexity index is 189. The Labute approximate surface area is 94.3 Å². The third-order valence-electron chi connectivity index (χ3n) is 2.22. The lowest BCUT2D eigenvalue weighted by atomic mass is 10.1. The third kappa shape index (κ3) is 9.78. The molecule has 0 aliphatic carbocycles. The van der Waals surface area contributed by atoms with Gasteiger partial charge in [0.15, 0.2) is 0 Å². The molecule has 2 nitrogen and oxygen atoms in total. The topological polar surface area (TPSA) is 18.5 Å². The van der Waals surface area contributed by atoms with Crippen molar-refractivity contribution in [3.8, 4) is 12.3 Å². The molecule has 88 valence electrons. The summed E-state index contributed by atoms with van der Waals surface area (Å²) < 4.78 is 11.0. The second kappa shape index (κ2) is 7.73. The van der Waals surface area contributed by atoms with Crippen LogP contribution in [0.15, 0.2) is 0 Å². The molecule has 0 fully saturated rings. The second-order valence-corrected chi connectivity index (χ2v) is 4.80. The van der Waals surface area contributed by atoms with Gasteiger partial charge in [-0.3, -0.25) is 0 Å². The zero-order valence-corrected chi connectivity index (χ0v) is 10.5. The van der Waals surface area contributed by atoms with Gasteiger partial charge < -0.3 is 9.47 Å². The molecule has 0 aliphatic rings. The maximum Gasteiger partial charge on any atom is 0.107 e. The minimum absolute atomic E-state index is 0.108. The molecule has 0 radical (unpaired) electrons. The van der Waals surface area contributed by atoms with Crippen LogP contribution in [0.25, 0.3) is 0 Å². The van der Waals surface area contributed by atoms with Crippen molar-refractivity contribution in [2.45, 2.75) is 46.1 Å². The molecule has 0 aromatic rings. The van der Waals surface area contributed by atoms with E-state index in [-0.39, 0.29) is 5.60 Å². The number of ether oxygens (including phenoxy) is 2. The SMILES string of the molecule is C#CCOCCC(C)(C)OCCC(C)C. The highest BCUT2D eigenvalue weighted by atomic mass is 16.5. The van der Waals surface area contributed by atoms with Gasteiger partial charge in [-0.05, 0) is 32.6 Å². The fourth-order valence-corrected chi connectivity index (χ4v) is 1.09. The number of hydrogen-bond acceptors (Lipinski definition) is 2. The number of hydrogen-bond donors (Lipinski definition) is 0. The summed E-state index contributed by atoms with van der Waals surface area (Å²) in [5, 5.41) is 0.